The second kappa shape index (κ2) is 7.68. The van der Waals surface area contributed by atoms with Gasteiger partial charge in [0, 0.05) is 18.3 Å². The van der Waals surface area contributed by atoms with Crippen LogP contribution in [-0.2, 0) is 16.0 Å². The predicted octanol–water partition coefficient (Wildman–Crippen LogP) is 2.04. The highest BCUT2D eigenvalue weighted by molar-refractivity contribution is 5.78. The number of anilines is 1. The number of para-hydroxylation sites is 1. The molecular formula is C16H25N3O3. The van der Waals surface area contributed by atoms with Crippen LogP contribution in [0.15, 0.2) is 24.3 Å². The van der Waals surface area contributed by atoms with Crippen LogP contribution < -0.4 is 16.4 Å². The topological polar surface area (TPSA) is 93.4 Å². The zero-order chi connectivity index (χ0) is 16.8. The van der Waals surface area contributed by atoms with E-state index in [1.54, 1.807) is 0 Å². The van der Waals surface area contributed by atoms with Crippen LogP contribution in [0.1, 0.15) is 33.3 Å². The molecule has 0 spiro atoms. The Bertz CT molecular complexity index is 524. The van der Waals surface area contributed by atoms with Gasteiger partial charge in [-0.05, 0) is 39.3 Å². The molecule has 0 aliphatic heterocycles. The highest BCUT2D eigenvalue weighted by Crippen LogP contribution is 2.16. The number of nitrogens with two attached hydrogens (primary N) is 1. The number of amides is 2. The number of alkyl carbamates (subject to hydrolysis) is 1. The minimum Gasteiger partial charge on any atom is -0.444 e. The van der Waals surface area contributed by atoms with Crippen LogP contribution in [0.3, 0.4) is 0 Å². The molecule has 0 radical (unpaired) electrons. The van der Waals surface area contributed by atoms with Crippen molar-refractivity contribution in [3.8, 4) is 0 Å². The Morgan fingerprint density at radius 3 is 2.50 bits per heavy atom. The maximum absolute atomic E-state index is 11.6. The molecule has 1 unspecified atom stereocenters. The van der Waals surface area contributed by atoms with Crippen LogP contribution in [-0.4, -0.2) is 30.2 Å². The molecule has 0 saturated heterocycles. The SMILES string of the molecule is CC(CNC(=O)OC(C)(C)C)Nc1ccccc1CC(N)=O. The molecule has 1 aromatic rings. The molecule has 1 atom stereocenters. The lowest BCUT2D eigenvalue weighted by Gasteiger charge is -2.22. The first-order chi connectivity index (χ1) is 10.2. The highest BCUT2D eigenvalue weighted by Gasteiger charge is 2.16. The zero-order valence-electron chi connectivity index (χ0n) is 13.6. The average Bonchev–Trinajstić information content (AvgIpc) is 2.36. The molecule has 1 aromatic carbocycles. The van der Waals surface area contributed by atoms with Crippen LogP contribution in [0.5, 0.6) is 0 Å². The van der Waals surface area contributed by atoms with E-state index in [9.17, 15) is 9.59 Å². The van der Waals surface area contributed by atoms with Gasteiger partial charge in [0.1, 0.15) is 5.60 Å². The number of primary amides is 1. The second-order valence-corrected chi connectivity index (χ2v) is 6.23. The molecule has 0 saturated carbocycles. The minimum atomic E-state index is -0.519. The van der Waals surface area contributed by atoms with Gasteiger partial charge in [0.05, 0.1) is 6.42 Å². The third kappa shape index (κ3) is 6.97. The van der Waals surface area contributed by atoms with Gasteiger partial charge in [-0.3, -0.25) is 4.79 Å². The van der Waals surface area contributed by atoms with Crippen LogP contribution in [0.2, 0.25) is 0 Å². The largest absolute Gasteiger partial charge is 0.444 e. The van der Waals surface area contributed by atoms with E-state index in [4.69, 9.17) is 10.5 Å². The molecule has 1 rings (SSSR count). The Morgan fingerprint density at radius 1 is 1.27 bits per heavy atom. The molecule has 22 heavy (non-hydrogen) atoms. The number of rotatable bonds is 6. The third-order valence-electron chi connectivity index (χ3n) is 2.74. The first kappa shape index (κ1) is 17.8. The summed E-state index contributed by atoms with van der Waals surface area (Å²) in [5.74, 6) is -0.381. The van der Waals surface area contributed by atoms with Gasteiger partial charge in [-0.1, -0.05) is 18.2 Å². The fourth-order valence-corrected chi connectivity index (χ4v) is 1.87. The second-order valence-electron chi connectivity index (χ2n) is 6.23. The molecule has 0 bridgehead atoms. The number of benzene rings is 1. The normalized spacial score (nSPS) is 12.4. The molecule has 2 amide bonds. The Balaban J connectivity index is 2.53. The Morgan fingerprint density at radius 2 is 1.91 bits per heavy atom. The van der Waals surface area contributed by atoms with E-state index in [0.29, 0.717) is 6.54 Å². The van der Waals surface area contributed by atoms with Crippen molar-refractivity contribution in [1.82, 2.24) is 5.32 Å². The fraction of sp³-hybridized carbons (Fsp3) is 0.500. The van der Waals surface area contributed by atoms with Gasteiger partial charge >= 0.3 is 6.09 Å². The summed E-state index contributed by atoms with van der Waals surface area (Å²) >= 11 is 0. The molecule has 0 aromatic heterocycles. The first-order valence-corrected chi connectivity index (χ1v) is 7.27. The summed E-state index contributed by atoms with van der Waals surface area (Å²) in [5.41, 5.74) is 6.39. The molecule has 0 aliphatic rings. The van der Waals surface area contributed by atoms with Gasteiger partial charge in [-0.2, -0.15) is 0 Å². The molecule has 122 valence electrons. The van der Waals surface area contributed by atoms with Crippen LogP contribution in [0.25, 0.3) is 0 Å². The van der Waals surface area contributed by atoms with Gasteiger partial charge < -0.3 is 21.1 Å². The van der Waals surface area contributed by atoms with E-state index in [1.165, 1.54) is 0 Å². The standard InChI is InChI=1S/C16H25N3O3/c1-11(10-18-15(21)22-16(2,3)4)19-13-8-6-5-7-12(13)9-14(17)20/h5-8,11,19H,9-10H2,1-4H3,(H2,17,20)(H,18,21). The summed E-state index contributed by atoms with van der Waals surface area (Å²) in [4.78, 5) is 22.7. The number of hydrogen-bond acceptors (Lipinski definition) is 4. The van der Waals surface area contributed by atoms with Gasteiger partial charge in [0.25, 0.3) is 0 Å². The molecular weight excluding hydrogens is 282 g/mol. The van der Waals surface area contributed by atoms with Crippen molar-refractivity contribution in [3.63, 3.8) is 0 Å². The number of carbonyl (C=O) groups excluding carboxylic acids is 2. The summed E-state index contributed by atoms with van der Waals surface area (Å²) in [6.45, 7) is 7.77. The first-order valence-electron chi connectivity index (χ1n) is 7.27. The van der Waals surface area contributed by atoms with E-state index >= 15 is 0 Å². The minimum absolute atomic E-state index is 0.0263. The highest BCUT2D eigenvalue weighted by atomic mass is 16.6. The van der Waals surface area contributed by atoms with Crippen molar-refractivity contribution in [1.29, 1.82) is 0 Å². The third-order valence-corrected chi connectivity index (χ3v) is 2.74. The summed E-state index contributed by atoms with van der Waals surface area (Å²) < 4.78 is 5.18. The van der Waals surface area contributed by atoms with Crippen molar-refractivity contribution in [2.45, 2.75) is 45.8 Å². The van der Waals surface area contributed by atoms with Crippen LogP contribution in [0.4, 0.5) is 10.5 Å². The van der Waals surface area contributed by atoms with Gasteiger partial charge in [0.2, 0.25) is 5.91 Å². The number of nitrogens with one attached hydrogen (secondary N) is 2. The Kier molecular flexibility index (Phi) is 6.22. The molecule has 0 aliphatic carbocycles. The van der Waals surface area contributed by atoms with E-state index in [1.807, 2.05) is 52.0 Å². The van der Waals surface area contributed by atoms with Gasteiger partial charge in [0.15, 0.2) is 0 Å². The summed E-state index contributed by atoms with van der Waals surface area (Å²) in [5, 5.41) is 5.96. The molecule has 6 heteroatoms. The van der Waals surface area contributed by atoms with E-state index in [-0.39, 0.29) is 18.4 Å². The lowest BCUT2D eigenvalue weighted by atomic mass is 10.1. The molecule has 0 heterocycles. The van der Waals surface area contributed by atoms with Crippen molar-refractivity contribution >= 4 is 17.7 Å². The van der Waals surface area contributed by atoms with Crippen LogP contribution in [0, 0.1) is 0 Å². The van der Waals surface area contributed by atoms with Gasteiger partial charge in [-0.25, -0.2) is 4.79 Å². The number of ether oxygens (including phenoxy) is 1. The predicted molar refractivity (Wildman–Crippen MR) is 86.7 cm³/mol. The molecule has 6 nitrogen and oxygen atoms in total. The summed E-state index contributed by atoms with van der Waals surface area (Å²) in [6, 6.07) is 7.43. The van der Waals surface area contributed by atoms with Crippen molar-refractivity contribution < 1.29 is 14.3 Å². The van der Waals surface area contributed by atoms with E-state index in [2.05, 4.69) is 10.6 Å². The van der Waals surface area contributed by atoms with Crippen molar-refractivity contribution in [2.75, 3.05) is 11.9 Å². The Hall–Kier alpha value is -2.24. The van der Waals surface area contributed by atoms with Gasteiger partial charge in [-0.15, -0.1) is 0 Å². The molecule has 0 fully saturated rings. The van der Waals surface area contributed by atoms with Crippen molar-refractivity contribution in [3.05, 3.63) is 29.8 Å². The summed E-state index contributed by atoms with van der Waals surface area (Å²) in [7, 11) is 0. The maximum atomic E-state index is 11.6. The maximum Gasteiger partial charge on any atom is 0.407 e. The summed E-state index contributed by atoms with van der Waals surface area (Å²) in [6.07, 6.45) is -0.276. The lowest BCUT2D eigenvalue weighted by molar-refractivity contribution is -0.117. The van der Waals surface area contributed by atoms with E-state index < -0.39 is 11.7 Å². The van der Waals surface area contributed by atoms with Crippen LogP contribution >= 0.6 is 0 Å². The smallest absolute Gasteiger partial charge is 0.407 e. The lowest BCUT2D eigenvalue weighted by Crippen LogP contribution is -2.38. The zero-order valence-corrected chi connectivity index (χ0v) is 13.6. The quantitative estimate of drug-likeness (QED) is 0.749. The fourth-order valence-electron chi connectivity index (χ4n) is 1.87. The monoisotopic (exact) mass is 307 g/mol. The number of hydrogen-bond donors (Lipinski definition) is 3. The van der Waals surface area contributed by atoms with E-state index in [0.717, 1.165) is 11.3 Å². The Labute approximate surface area is 131 Å². The number of carbonyl (C=O) groups is 2. The molecule has 4 N–H and O–H groups in total. The average molecular weight is 307 g/mol. The van der Waals surface area contributed by atoms with Crippen molar-refractivity contribution in [2.24, 2.45) is 5.73 Å².